The molecular formula is C20H21N3. The fraction of sp³-hybridized carbons (Fsp3) is 0.150. The van der Waals surface area contributed by atoms with Gasteiger partial charge in [0.2, 0.25) is 0 Å². The fourth-order valence-corrected chi connectivity index (χ4v) is 2.17. The van der Waals surface area contributed by atoms with Crippen LogP contribution in [0.25, 0.3) is 29.0 Å². The highest BCUT2D eigenvalue weighted by Crippen LogP contribution is 2.18. The summed E-state index contributed by atoms with van der Waals surface area (Å²) in [5.41, 5.74) is 3.82. The van der Waals surface area contributed by atoms with Crippen molar-refractivity contribution >= 4 is 23.9 Å². The van der Waals surface area contributed by atoms with Crippen LogP contribution in [0.3, 0.4) is 0 Å². The molecule has 0 atom stereocenters. The van der Waals surface area contributed by atoms with E-state index < -0.39 is 0 Å². The van der Waals surface area contributed by atoms with Gasteiger partial charge in [0.15, 0.2) is 0 Å². The van der Waals surface area contributed by atoms with Crippen molar-refractivity contribution in [3.05, 3.63) is 65.5 Å². The zero-order valence-corrected chi connectivity index (χ0v) is 13.8. The Morgan fingerprint density at radius 1 is 1.13 bits per heavy atom. The number of hydrogen-bond donors (Lipinski definition) is 0. The lowest BCUT2D eigenvalue weighted by Gasteiger charge is -2.04. The lowest BCUT2D eigenvalue weighted by Crippen LogP contribution is -2.31. The highest BCUT2D eigenvalue weighted by molar-refractivity contribution is 6.08. The largest absolute Gasteiger partial charge is 0.296 e. The van der Waals surface area contributed by atoms with Gasteiger partial charge in [0, 0.05) is 18.8 Å². The third-order valence-electron chi connectivity index (χ3n) is 3.39. The molecule has 2 aromatic rings. The third-order valence-corrected chi connectivity index (χ3v) is 3.39. The smallest absolute Gasteiger partial charge is 0.0893 e. The predicted molar refractivity (Wildman–Crippen MR) is 99.6 cm³/mol. The van der Waals surface area contributed by atoms with E-state index in [-0.39, 0.29) is 0 Å². The highest BCUT2D eigenvalue weighted by atomic mass is 14.8. The van der Waals surface area contributed by atoms with Gasteiger partial charge in [-0.1, -0.05) is 49.1 Å². The first-order chi connectivity index (χ1) is 11.2. The molecule has 0 spiro atoms. The molecule has 1 heterocycles. The number of nitrogens with zero attached hydrogens (tertiary/aromatic N) is 3. The Bertz CT molecular complexity index is 857. The molecule has 0 saturated heterocycles. The molecule has 0 aliphatic carbocycles. The molecule has 3 nitrogen and oxygen atoms in total. The predicted octanol–water partition coefficient (Wildman–Crippen LogP) is 3.01. The highest BCUT2D eigenvalue weighted by Gasteiger charge is 2.02. The van der Waals surface area contributed by atoms with E-state index in [9.17, 15) is 0 Å². The van der Waals surface area contributed by atoms with Crippen LogP contribution >= 0.6 is 0 Å². The van der Waals surface area contributed by atoms with Crippen molar-refractivity contribution in [2.45, 2.75) is 13.8 Å². The molecule has 0 unspecified atom stereocenters. The first-order valence-electron chi connectivity index (χ1n) is 7.54. The maximum atomic E-state index is 4.71. The SMILES string of the molecule is C=C(C=NC)c1ccc(-c2cnc(=C/C)/c(=C\C=C/C)n2)cc1. The van der Waals surface area contributed by atoms with Crippen molar-refractivity contribution in [1.29, 1.82) is 0 Å². The number of hydrogen-bond acceptors (Lipinski definition) is 3. The summed E-state index contributed by atoms with van der Waals surface area (Å²) in [4.78, 5) is 13.2. The fourth-order valence-electron chi connectivity index (χ4n) is 2.17. The number of aliphatic imine (C=N–C) groups is 1. The summed E-state index contributed by atoms with van der Waals surface area (Å²) in [5.74, 6) is 0. The van der Waals surface area contributed by atoms with Crippen LogP contribution in [0, 0.1) is 0 Å². The van der Waals surface area contributed by atoms with E-state index in [4.69, 9.17) is 4.98 Å². The maximum absolute atomic E-state index is 4.71. The molecule has 0 radical (unpaired) electrons. The molecule has 0 aliphatic rings. The summed E-state index contributed by atoms with van der Waals surface area (Å²) < 4.78 is 0. The molecule has 0 aliphatic heterocycles. The molecule has 2 rings (SSSR count). The van der Waals surface area contributed by atoms with E-state index in [0.29, 0.717) is 0 Å². The van der Waals surface area contributed by atoms with E-state index in [1.54, 1.807) is 19.5 Å². The van der Waals surface area contributed by atoms with Crippen molar-refractivity contribution in [2.75, 3.05) is 7.05 Å². The molecule has 0 saturated carbocycles. The van der Waals surface area contributed by atoms with E-state index in [0.717, 1.165) is 33.1 Å². The number of benzene rings is 1. The standard InChI is InChI=1S/C20H21N3/c1-5-7-8-19-18(6-2)22-14-20(23-19)17-11-9-16(10-12-17)15(3)13-21-4/h5-14H,3H2,1-2,4H3/b7-5-,18-6+,19-8+,21-13?. The summed E-state index contributed by atoms with van der Waals surface area (Å²) >= 11 is 0. The van der Waals surface area contributed by atoms with Gasteiger partial charge in [-0.05, 0) is 31.1 Å². The van der Waals surface area contributed by atoms with Gasteiger partial charge in [0.25, 0.3) is 0 Å². The minimum atomic E-state index is 0.854. The zero-order chi connectivity index (χ0) is 16.7. The molecule has 116 valence electrons. The van der Waals surface area contributed by atoms with Crippen molar-refractivity contribution in [2.24, 2.45) is 4.99 Å². The van der Waals surface area contributed by atoms with Crippen molar-refractivity contribution in [3.63, 3.8) is 0 Å². The Hall–Kier alpha value is -2.81. The summed E-state index contributed by atoms with van der Waals surface area (Å²) in [6.07, 6.45) is 11.4. The van der Waals surface area contributed by atoms with E-state index in [2.05, 4.69) is 16.6 Å². The minimum Gasteiger partial charge on any atom is -0.296 e. The summed E-state index contributed by atoms with van der Waals surface area (Å²) in [7, 11) is 1.74. The van der Waals surface area contributed by atoms with Crippen LogP contribution < -0.4 is 10.7 Å². The topological polar surface area (TPSA) is 38.1 Å². The second kappa shape index (κ2) is 7.99. The number of aromatic nitrogens is 2. The van der Waals surface area contributed by atoms with E-state index >= 15 is 0 Å². The van der Waals surface area contributed by atoms with Gasteiger partial charge in [-0.3, -0.25) is 9.98 Å². The third kappa shape index (κ3) is 4.10. The summed E-state index contributed by atoms with van der Waals surface area (Å²) in [5, 5.41) is 1.76. The first-order valence-corrected chi connectivity index (χ1v) is 7.54. The van der Waals surface area contributed by atoms with Crippen LogP contribution in [0.5, 0.6) is 0 Å². The molecule has 3 heteroatoms. The van der Waals surface area contributed by atoms with E-state index in [1.807, 2.05) is 62.4 Å². The van der Waals surface area contributed by atoms with E-state index in [1.165, 1.54) is 0 Å². The Kier molecular flexibility index (Phi) is 5.75. The lowest BCUT2D eigenvalue weighted by atomic mass is 10.0. The molecule has 0 N–H and O–H groups in total. The maximum Gasteiger partial charge on any atom is 0.0893 e. The Labute approximate surface area is 137 Å². The monoisotopic (exact) mass is 303 g/mol. The van der Waals surface area contributed by atoms with Crippen molar-refractivity contribution in [1.82, 2.24) is 9.97 Å². The Balaban J connectivity index is 2.45. The summed E-state index contributed by atoms with van der Waals surface area (Å²) in [6, 6.07) is 8.11. The molecule has 1 aromatic heterocycles. The van der Waals surface area contributed by atoms with Crippen LogP contribution in [-0.2, 0) is 0 Å². The second-order valence-electron chi connectivity index (χ2n) is 5.00. The number of rotatable bonds is 4. The molecule has 0 amide bonds. The summed E-state index contributed by atoms with van der Waals surface area (Å²) in [6.45, 7) is 7.94. The van der Waals surface area contributed by atoms with Gasteiger partial charge >= 0.3 is 0 Å². The second-order valence-corrected chi connectivity index (χ2v) is 5.00. The van der Waals surface area contributed by atoms with Gasteiger partial charge in [0.1, 0.15) is 0 Å². The van der Waals surface area contributed by atoms with Crippen LogP contribution in [0.2, 0.25) is 0 Å². The Morgan fingerprint density at radius 2 is 1.87 bits per heavy atom. The average molecular weight is 303 g/mol. The normalized spacial score (nSPS) is 13.3. The van der Waals surface area contributed by atoms with Gasteiger partial charge in [-0.2, -0.15) is 0 Å². The van der Waals surface area contributed by atoms with Gasteiger partial charge in [-0.25, -0.2) is 4.98 Å². The van der Waals surface area contributed by atoms with Crippen molar-refractivity contribution in [3.8, 4) is 11.3 Å². The molecular weight excluding hydrogens is 282 g/mol. The van der Waals surface area contributed by atoms with Crippen molar-refractivity contribution < 1.29 is 0 Å². The average Bonchev–Trinajstić information content (AvgIpc) is 2.60. The molecule has 0 bridgehead atoms. The molecule has 1 aromatic carbocycles. The van der Waals surface area contributed by atoms with Crippen LogP contribution in [0.4, 0.5) is 0 Å². The minimum absolute atomic E-state index is 0.854. The molecule has 0 fully saturated rings. The van der Waals surface area contributed by atoms with Gasteiger partial charge in [-0.15, -0.1) is 0 Å². The lowest BCUT2D eigenvalue weighted by molar-refractivity contribution is 1.10. The Morgan fingerprint density at radius 3 is 2.48 bits per heavy atom. The first kappa shape index (κ1) is 16.6. The van der Waals surface area contributed by atoms with Crippen LogP contribution in [-0.4, -0.2) is 23.2 Å². The van der Waals surface area contributed by atoms with Crippen LogP contribution in [0.15, 0.2) is 54.2 Å². The number of allylic oxidation sites excluding steroid dienone is 3. The van der Waals surface area contributed by atoms with Gasteiger partial charge < -0.3 is 0 Å². The quantitative estimate of drug-likeness (QED) is 0.814. The molecule has 23 heavy (non-hydrogen) atoms. The zero-order valence-electron chi connectivity index (χ0n) is 13.8. The van der Waals surface area contributed by atoms with Gasteiger partial charge in [0.05, 0.1) is 22.6 Å². The van der Waals surface area contributed by atoms with Crippen LogP contribution in [0.1, 0.15) is 19.4 Å².